The molecule has 0 aromatic carbocycles. The molecule has 1 saturated carbocycles. The van der Waals surface area contributed by atoms with E-state index < -0.39 is 6.16 Å². The Balaban J connectivity index is 2.57. The fraction of sp³-hybridized carbons (Fsp3) is 0.917. The first-order chi connectivity index (χ1) is 7.04. The molecular weight excluding hydrogens is 192 g/mol. The first-order valence-corrected chi connectivity index (χ1v) is 5.79. The summed E-state index contributed by atoms with van der Waals surface area (Å²) in [6.07, 6.45) is 2.86. The molecule has 1 aliphatic carbocycles. The summed E-state index contributed by atoms with van der Waals surface area (Å²) >= 11 is 0. The van der Waals surface area contributed by atoms with Crippen LogP contribution in [0.15, 0.2) is 0 Å². The summed E-state index contributed by atoms with van der Waals surface area (Å²) in [4.78, 5) is 11.1. The van der Waals surface area contributed by atoms with Gasteiger partial charge in [-0.05, 0) is 30.6 Å². The maximum atomic E-state index is 11.1. The van der Waals surface area contributed by atoms with E-state index in [2.05, 4.69) is 25.5 Å². The number of methoxy groups -OCH3 is 1. The van der Waals surface area contributed by atoms with Gasteiger partial charge in [0.05, 0.1) is 7.11 Å². The third-order valence-corrected chi connectivity index (χ3v) is 3.38. The average molecular weight is 214 g/mol. The van der Waals surface area contributed by atoms with Crippen molar-refractivity contribution in [3.8, 4) is 0 Å². The van der Waals surface area contributed by atoms with E-state index in [9.17, 15) is 4.79 Å². The van der Waals surface area contributed by atoms with Gasteiger partial charge < -0.3 is 9.47 Å². The Morgan fingerprint density at radius 1 is 1.33 bits per heavy atom. The van der Waals surface area contributed by atoms with E-state index in [1.165, 1.54) is 13.5 Å². The van der Waals surface area contributed by atoms with Gasteiger partial charge in [-0.1, -0.05) is 27.2 Å². The minimum absolute atomic E-state index is 0.0428. The van der Waals surface area contributed by atoms with Crippen LogP contribution in [0.4, 0.5) is 4.79 Å². The predicted octanol–water partition coefficient (Wildman–Crippen LogP) is 3.23. The second kappa shape index (κ2) is 5.38. The van der Waals surface area contributed by atoms with Crippen molar-refractivity contribution in [3.05, 3.63) is 0 Å². The molecule has 0 spiro atoms. The molecule has 1 rings (SSSR count). The zero-order chi connectivity index (χ0) is 11.4. The zero-order valence-corrected chi connectivity index (χ0v) is 10.2. The topological polar surface area (TPSA) is 35.5 Å². The van der Waals surface area contributed by atoms with Gasteiger partial charge in [-0.15, -0.1) is 0 Å². The highest BCUT2D eigenvalue weighted by molar-refractivity contribution is 5.59. The third kappa shape index (κ3) is 3.40. The summed E-state index contributed by atoms with van der Waals surface area (Å²) in [5.74, 6) is 1.70. The molecule has 0 aliphatic heterocycles. The highest BCUT2D eigenvalue weighted by Crippen LogP contribution is 2.35. The normalized spacial score (nSPS) is 31.4. The summed E-state index contributed by atoms with van der Waals surface area (Å²) in [5, 5.41) is 0. The lowest BCUT2D eigenvalue weighted by atomic mass is 9.75. The fourth-order valence-electron chi connectivity index (χ4n) is 2.42. The Bertz CT molecular complexity index is 213. The van der Waals surface area contributed by atoms with Crippen LogP contribution in [0, 0.1) is 17.8 Å². The molecule has 0 aromatic heterocycles. The van der Waals surface area contributed by atoms with Gasteiger partial charge in [-0.3, -0.25) is 0 Å². The lowest BCUT2D eigenvalue weighted by Gasteiger charge is -2.36. The standard InChI is InChI=1S/C12H22O3/c1-8(2)10-6-5-9(3)7-11(10)15-12(13)14-4/h8-11H,5-7H2,1-4H3/t9-,10+,11+/m1/s1. The van der Waals surface area contributed by atoms with Crippen LogP contribution in [0.25, 0.3) is 0 Å². The Morgan fingerprint density at radius 3 is 2.53 bits per heavy atom. The first kappa shape index (κ1) is 12.3. The third-order valence-electron chi connectivity index (χ3n) is 3.38. The Morgan fingerprint density at radius 2 is 2.00 bits per heavy atom. The van der Waals surface area contributed by atoms with Gasteiger partial charge in [-0.2, -0.15) is 0 Å². The Labute approximate surface area is 92.1 Å². The molecule has 3 heteroatoms. The average Bonchev–Trinajstić information content (AvgIpc) is 2.17. The zero-order valence-electron chi connectivity index (χ0n) is 10.2. The van der Waals surface area contributed by atoms with Crippen LogP contribution in [0.1, 0.15) is 40.0 Å². The van der Waals surface area contributed by atoms with Gasteiger partial charge in [-0.25, -0.2) is 4.79 Å². The highest BCUT2D eigenvalue weighted by Gasteiger charge is 2.33. The van der Waals surface area contributed by atoms with E-state index in [1.807, 2.05) is 0 Å². The van der Waals surface area contributed by atoms with Gasteiger partial charge in [0.2, 0.25) is 0 Å². The number of carbonyl (C=O) groups is 1. The maximum absolute atomic E-state index is 11.1. The Kier molecular flexibility index (Phi) is 4.43. The van der Waals surface area contributed by atoms with E-state index in [-0.39, 0.29) is 6.10 Å². The molecule has 0 unspecified atom stereocenters. The predicted molar refractivity (Wildman–Crippen MR) is 58.6 cm³/mol. The fourth-order valence-corrected chi connectivity index (χ4v) is 2.42. The molecule has 0 N–H and O–H groups in total. The molecule has 0 amide bonds. The van der Waals surface area contributed by atoms with Crippen molar-refractivity contribution in [1.82, 2.24) is 0 Å². The molecule has 0 bridgehead atoms. The number of carbonyl (C=O) groups excluding carboxylic acids is 1. The van der Waals surface area contributed by atoms with E-state index in [1.54, 1.807) is 0 Å². The van der Waals surface area contributed by atoms with Crippen LogP contribution in [-0.2, 0) is 9.47 Å². The lowest BCUT2D eigenvalue weighted by Crippen LogP contribution is -2.35. The minimum atomic E-state index is -0.542. The summed E-state index contributed by atoms with van der Waals surface area (Å²) in [7, 11) is 1.36. The number of hydrogen-bond acceptors (Lipinski definition) is 3. The monoisotopic (exact) mass is 214 g/mol. The van der Waals surface area contributed by atoms with Gasteiger partial charge >= 0.3 is 6.16 Å². The molecule has 88 valence electrons. The number of ether oxygens (including phenoxy) is 2. The van der Waals surface area contributed by atoms with Crippen molar-refractivity contribution in [2.75, 3.05) is 7.11 Å². The molecule has 15 heavy (non-hydrogen) atoms. The van der Waals surface area contributed by atoms with Gasteiger partial charge in [0.15, 0.2) is 0 Å². The van der Waals surface area contributed by atoms with Crippen molar-refractivity contribution < 1.29 is 14.3 Å². The number of hydrogen-bond donors (Lipinski definition) is 0. The van der Waals surface area contributed by atoms with Crippen LogP contribution >= 0.6 is 0 Å². The molecule has 3 atom stereocenters. The first-order valence-electron chi connectivity index (χ1n) is 5.79. The SMILES string of the molecule is COC(=O)O[C@H]1C[C@H](C)CC[C@H]1C(C)C. The smallest absolute Gasteiger partial charge is 0.438 e. The molecule has 0 aromatic rings. The molecule has 0 radical (unpaired) electrons. The lowest BCUT2D eigenvalue weighted by molar-refractivity contribution is -0.0248. The molecule has 0 heterocycles. The minimum Gasteiger partial charge on any atom is -0.438 e. The highest BCUT2D eigenvalue weighted by atomic mass is 16.7. The molecule has 0 saturated heterocycles. The number of rotatable bonds is 2. The van der Waals surface area contributed by atoms with Crippen molar-refractivity contribution in [3.63, 3.8) is 0 Å². The molecular formula is C12H22O3. The van der Waals surface area contributed by atoms with Crippen LogP contribution in [0.2, 0.25) is 0 Å². The van der Waals surface area contributed by atoms with Crippen LogP contribution in [0.3, 0.4) is 0 Å². The second-order valence-electron chi connectivity index (χ2n) is 4.94. The van der Waals surface area contributed by atoms with Crippen LogP contribution in [-0.4, -0.2) is 19.4 Å². The van der Waals surface area contributed by atoms with Crippen molar-refractivity contribution in [1.29, 1.82) is 0 Å². The van der Waals surface area contributed by atoms with Gasteiger partial charge in [0, 0.05) is 0 Å². The van der Waals surface area contributed by atoms with E-state index >= 15 is 0 Å². The van der Waals surface area contributed by atoms with E-state index in [0.717, 1.165) is 12.8 Å². The van der Waals surface area contributed by atoms with Crippen molar-refractivity contribution in [2.45, 2.75) is 46.1 Å². The van der Waals surface area contributed by atoms with E-state index in [4.69, 9.17) is 4.74 Å². The van der Waals surface area contributed by atoms with Crippen LogP contribution in [0.5, 0.6) is 0 Å². The largest absolute Gasteiger partial charge is 0.508 e. The van der Waals surface area contributed by atoms with Gasteiger partial charge in [0.25, 0.3) is 0 Å². The van der Waals surface area contributed by atoms with Crippen molar-refractivity contribution in [2.24, 2.45) is 17.8 Å². The molecule has 3 nitrogen and oxygen atoms in total. The molecule has 1 fully saturated rings. The summed E-state index contributed by atoms with van der Waals surface area (Å²) in [6.45, 7) is 6.59. The second-order valence-corrected chi connectivity index (χ2v) is 4.94. The van der Waals surface area contributed by atoms with Gasteiger partial charge in [0.1, 0.15) is 6.10 Å². The summed E-state index contributed by atoms with van der Waals surface area (Å²) in [5.41, 5.74) is 0. The summed E-state index contributed by atoms with van der Waals surface area (Å²) < 4.78 is 9.88. The van der Waals surface area contributed by atoms with Crippen LogP contribution < -0.4 is 0 Å². The quantitative estimate of drug-likeness (QED) is 0.662. The van der Waals surface area contributed by atoms with E-state index in [0.29, 0.717) is 17.8 Å². The maximum Gasteiger partial charge on any atom is 0.508 e. The summed E-state index contributed by atoms with van der Waals surface area (Å²) in [6, 6.07) is 0. The molecule has 1 aliphatic rings. The van der Waals surface area contributed by atoms with Crippen molar-refractivity contribution >= 4 is 6.16 Å². The Hall–Kier alpha value is -0.730.